The fourth-order valence-corrected chi connectivity index (χ4v) is 2.63. The highest BCUT2D eigenvalue weighted by molar-refractivity contribution is 5.97. The molecular weight excluding hydrogens is 304 g/mol. The zero-order valence-corrected chi connectivity index (χ0v) is 15.5. The summed E-state index contributed by atoms with van der Waals surface area (Å²) >= 11 is 0. The molecule has 0 saturated carbocycles. The van der Waals surface area contributed by atoms with Crippen molar-refractivity contribution in [2.24, 2.45) is 5.92 Å². The third kappa shape index (κ3) is 5.54. The van der Waals surface area contributed by atoms with Crippen LogP contribution in [0.3, 0.4) is 0 Å². The second-order valence-corrected chi connectivity index (χ2v) is 6.71. The second-order valence-electron chi connectivity index (χ2n) is 6.71. The summed E-state index contributed by atoms with van der Waals surface area (Å²) in [5, 5.41) is 12.1. The van der Waals surface area contributed by atoms with E-state index >= 15 is 0 Å². The minimum absolute atomic E-state index is 0.0233. The van der Waals surface area contributed by atoms with Crippen LogP contribution in [0.1, 0.15) is 53.5 Å². The number of carbonyl (C=O) groups excluding carboxylic acids is 1. The zero-order valence-electron chi connectivity index (χ0n) is 15.5. The van der Waals surface area contributed by atoms with Crippen LogP contribution in [0.5, 0.6) is 5.75 Å². The van der Waals surface area contributed by atoms with Crippen molar-refractivity contribution in [3.8, 4) is 11.8 Å². The molecule has 0 aliphatic rings. The lowest BCUT2D eigenvalue weighted by Gasteiger charge is -2.30. The number of benzene rings is 1. The van der Waals surface area contributed by atoms with Crippen LogP contribution in [0.4, 0.5) is 5.69 Å². The van der Waals surface area contributed by atoms with E-state index in [0.29, 0.717) is 35.9 Å². The highest BCUT2D eigenvalue weighted by Gasteiger charge is 2.34. The number of hydrogen-bond acceptors (Lipinski definition) is 4. The maximum atomic E-state index is 12.7. The Labute approximate surface area is 145 Å². The van der Waals surface area contributed by atoms with Crippen LogP contribution < -0.4 is 10.1 Å². The molecule has 0 radical (unpaired) electrons. The molecular formula is C19H28N2O3. The van der Waals surface area contributed by atoms with E-state index in [0.717, 1.165) is 0 Å². The predicted molar refractivity (Wildman–Crippen MR) is 95.0 cm³/mol. The number of nitriles is 1. The number of carbonyl (C=O) groups is 1. The van der Waals surface area contributed by atoms with E-state index in [1.54, 1.807) is 25.1 Å². The lowest BCUT2D eigenvalue weighted by Crippen LogP contribution is -2.44. The number of nitrogens with one attached hydrogen (secondary N) is 1. The molecule has 132 valence electrons. The van der Waals surface area contributed by atoms with Crippen molar-refractivity contribution in [2.45, 2.75) is 59.7 Å². The monoisotopic (exact) mass is 332 g/mol. The van der Waals surface area contributed by atoms with Gasteiger partial charge in [0.2, 0.25) is 0 Å². The van der Waals surface area contributed by atoms with Crippen LogP contribution in [-0.2, 0) is 9.53 Å². The molecule has 0 unspecified atom stereocenters. The number of ether oxygens (including phenoxy) is 2. The van der Waals surface area contributed by atoms with Gasteiger partial charge in [-0.05, 0) is 58.2 Å². The van der Waals surface area contributed by atoms with Gasteiger partial charge >= 0.3 is 0 Å². The fourth-order valence-electron chi connectivity index (χ4n) is 2.63. The third-order valence-electron chi connectivity index (χ3n) is 3.46. The van der Waals surface area contributed by atoms with Gasteiger partial charge in [-0.25, -0.2) is 0 Å². The van der Waals surface area contributed by atoms with E-state index in [1.807, 2.05) is 20.8 Å². The number of amides is 1. The van der Waals surface area contributed by atoms with Gasteiger partial charge < -0.3 is 14.8 Å². The number of nitrogens with zero attached hydrogens (tertiary/aromatic N) is 1. The first-order valence-electron chi connectivity index (χ1n) is 8.38. The predicted octanol–water partition coefficient (Wildman–Crippen LogP) is 4.13. The Morgan fingerprint density at radius 1 is 1.33 bits per heavy atom. The van der Waals surface area contributed by atoms with Gasteiger partial charge in [-0.3, -0.25) is 4.79 Å². The van der Waals surface area contributed by atoms with Gasteiger partial charge in [-0.15, -0.1) is 0 Å². The summed E-state index contributed by atoms with van der Waals surface area (Å²) in [5.74, 6) is 0.628. The molecule has 0 aliphatic carbocycles. The first-order valence-corrected chi connectivity index (χ1v) is 8.38. The van der Waals surface area contributed by atoms with E-state index in [9.17, 15) is 10.1 Å². The van der Waals surface area contributed by atoms with Crippen LogP contribution in [0.25, 0.3) is 0 Å². The van der Waals surface area contributed by atoms with E-state index in [1.165, 1.54) is 0 Å². The average Bonchev–Trinajstić information content (AvgIpc) is 2.47. The van der Waals surface area contributed by atoms with Gasteiger partial charge in [0.15, 0.2) is 0 Å². The Kier molecular flexibility index (Phi) is 7.24. The highest BCUT2D eigenvalue weighted by atomic mass is 16.5. The number of hydrogen-bond donors (Lipinski definition) is 1. The molecule has 0 fully saturated rings. The van der Waals surface area contributed by atoms with E-state index in [2.05, 4.69) is 25.2 Å². The smallest absolute Gasteiger partial charge is 0.256 e. The average molecular weight is 332 g/mol. The van der Waals surface area contributed by atoms with E-state index < -0.39 is 5.60 Å². The van der Waals surface area contributed by atoms with Crippen molar-refractivity contribution < 1.29 is 14.3 Å². The maximum absolute atomic E-state index is 12.7. The maximum Gasteiger partial charge on any atom is 0.256 e. The summed E-state index contributed by atoms with van der Waals surface area (Å²) in [4.78, 5) is 12.7. The molecule has 0 bridgehead atoms. The molecule has 5 heteroatoms. The SMILES string of the molecule is CCO[C@](C)(CC(C)C)C(=O)Nc1ccc(OC(C)C)c(C#N)c1. The molecule has 1 rings (SSSR count). The highest BCUT2D eigenvalue weighted by Crippen LogP contribution is 2.26. The Bertz CT molecular complexity index is 605. The van der Waals surface area contributed by atoms with Gasteiger partial charge in [0.1, 0.15) is 17.4 Å². The summed E-state index contributed by atoms with van der Waals surface area (Å²) in [5.41, 5.74) is 0.0499. The molecule has 5 nitrogen and oxygen atoms in total. The van der Waals surface area contributed by atoms with Crippen molar-refractivity contribution in [1.29, 1.82) is 5.26 Å². The molecule has 1 aromatic rings. The summed E-state index contributed by atoms with van der Waals surface area (Å²) in [7, 11) is 0. The second kappa shape index (κ2) is 8.70. The van der Waals surface area contributed by atoms with Crippen molar-refractivity contribution in [2.75, 3.05) is 11.9 Å². The minimum atomic E-state index is -0.900. The Hall–Kier alpha value is -2.06. The normalized spacial score (nSPS) is 13.5. The van der Waals surface area contributed by atoms with Crippen molar-refractivity contribution >= 4 is 11.6 Å². The van der Waals surface area contributed by atoms with Gasteiger partial charge in [0.05, 0.1) is 11.7 Å². The standard InChI is InChI=1S/C19H28N2O3/c1-7-23-19(6,11-13(2)3)18(22)21-16-8-9-17(24-14(4)5)15(10-16)12-20/h8-10,13-14H,7,11H2,1-6H3,(H,21,22)/t19-/m1/s1. The van der Waals surface area contributed by atoms with Crippen LogP contribution in [-0.4, -0.2) is 24.2 Å². The Morgan fingerprint density at radius 3 is 2.50 bits per heavy atom. The molecule has 1 aromatic carbocycles. The molecule has 0 aromatic heterocycles. The van der Waals surface area contributed by atoms with Crippen LogP contribution in [0, 0.1) is 17.2 Å². The van der Waals surface area contributed by atoms with E-state index in [4.69, 9.17) is 9.47 Å². The summed E-state index contributed by atoms with van der Waals surface area (Å²) in [6.45, 7) is 12.0. The third-order valence-corrected chi connectivity index (χ3v) is 3.46. The number of anilines is 1. The lowest BCUT2D eigenvalue weighted by atomic mass is 9.93. The molecule has 24 heavy (non-hydrogen) atoms. The van der Waals surface area contributed by atoms with Crippen LogP contribution >= 0.6 is 0 Å². The largest absolute Gasteiger partial charge is 0.490 e. The van der Waals surface area contributed by atoms with Gasteiger partial charge in [0, 0.05) is 12.3 Å². The molecule has 0 saturated heterocycles. The first kappa shape index (κ1) is 20.0. The van der Waals surface area contributed by atoms with Crippen molar-refractivity contribution in [1.82, 2.24) is 0 Å². The van der Waals surface area contributed by atoms with Gasteiger partial charge in [0.25, 0.3) is 5.91 Å². The Morgan fingerprint density at radius 2 is 2.00 bits per heavy atom. The lowest BCUT2D eigenvalue weighted by molar-refractivity contribution is -0.140. The molecule has 1 amide bonds. The molecule has 0 heterocycles. The summed E-state index contributed by atoms with van der Waals surface area (Å²) < 4.78 is 11.3. The van der Waals surface area contributed by atoms with Gasteiger partial charge in [-0.2, -0.15) is 5.26 Å². The van der Waals surface area contributed by atoms with Crippen molar-refractivity contribution in [3.05, 3.63) is 23.8 Å². The van der Waals surface area contributed by atoms with Gasteiger partial charge in [-0.1, -0.05) is 13.8 Å². The summed E-state index contributed by atoms with van der Waals surface area (Å²) in [6, 6.07) is 7.16. The topological polar surface area (TPSA) is 71.3 Å². The molecule has 0 aliphatic heterocycles. The van der Waals surface area contributed by atoms with Crippen LogP contribution in [0.15, 0.2) is 18.2 Å². The van der Waals surface area contributed by atoms with Crippen molar-refractivity contribution in [3.63, 3.8) is 0 Å². The van der Waals surface area contributed by atoms with Crippen LogP contribution in [0.2, 0.25) is 0 Å². The minimum Gasteiger partial charge on any atom is -0.490 e. The fraction of sp³-hybridized carbons (Fsp3) is 0.579. The molecule has 0 spiro atoms. The molecule has 1 atom stereocenters. The Balaban J connectivity index is 2.98. The zero-order chi connectivity index (χ0) is 18.3. The molecule has 1 N–H and O–H groups in total. The first-order chi connectivity index (χ1) is 11.2. The quantitative estimate of drug-likeness (QED) is 0.777. The summed E-state index contributed by atoms with van der Waals surface area (Å²) in [6.07, 6.45) is 0.594. The number of rotatable bonds is 8. The van der Waals surface area contributed by atoms with E-state index in [-0.39, 0.29) is 12.0 Å².